The van der Waals surface area contributed by atoms with E-state index in [0.717, 1.165) is 19.1 Å². The minimum absolute atomic E-state index is 0.503. The zero-order valence-electron chi connectivity index (χ0n) is 8.97. The van der Waals surface area contributed by atoms with Crippen LogP contribution in [0.5, 0.6) is 0 Å². The quantitative estimate of drug-likeness (QED) is 0.675. The van der Waals surface area contributed by atoms with Gasteiger partial charge in [-0.1, -0.05) is 11.6 Å². The van der Waals surface area contributed by atoms with Crippen molar-refractivity contribution in [1.29, 1.82) is 0 Å². The van der Waals surface area contributed by atoms with Crippen molar-refractivity contribution in [2.45, 2.75) is 32.7 Å². The lowest BCUT2D eigenvalue weighted by molar-refractivity contribution is 0.0783. The predicted molar refractivity (Wildman–Crippen MR) is 55.8 cm³/mol. The van der Waals surface area contributed by atoms with E-state index in [4.69, 9.17) is 4.74 Å². The van der Waals surface area contributed by atoms with Gasteiger partial charge in [-0.05, 0) is 39.7 Å². The van der Waals surface area contributed by atoms with Crippen molar-refractivity contribution in [2.24, 2.45) is 5.92 Å². The van der Waals surface area contributed by atoms with Crippen LogP contribution >= 0.6 is 0 Å². The van der Waals surface area contributed by atoms with E-state index in [-0.39, 0.29) is 0 Å². The van der Waals surface area contributed by atoms with Gasteiger partial charge in [0.15, 0.2) is 0 Å². The maximum atomic E-state index is 5.32. The van der Waals surface area contributed by atoms with Crippen LogP contribution in [0.3, 0.4) is 0 Å². The van der Waals surface area contributed by atoms with Gasteiger partial charge in [-0.25, -0.2) is 0 Å². The minimum atomic E-state index is 0.503. The van der Waals surface area contributed by atoms with Gasteiger partial charge < -0.3 is 10.1 Å². The largest absolute Gasteiger partial charge is 0.381 e. The minimum Gasteiger partial charge on any atom is -0.381 e. The summed E-state index contributed by atoms with van der Waals surface area (Å²) in [5, 5.41) is 3.25. The summed E-state index contributed by atoms with van der Waals surface area (Å²) in [6.07, 6.45) is 4.78. The van der Waals surface area contributed by atoms with Crippen molar-refractivity contribution in [1.82, 2.24) is 5.32 Å². The standard InChI is InChI=1S/C11H21NO/c1-9(10(2)12-3)8-11-4-6-13-7-5-11/h8,10-12H,4-7H2,1-3H3/b9-8+. The second-order valence-corrected chi connectivity index (χ2v) is 3.87. The van der Waals surface area contributed by atoms with Gasteiger partial charge in [0.25, 0.3) is 0 Å². The Balaban J connectivity index is 2.42. The van der Waals surface area contributed by atoms with Crippen molar-refractivity contribution < 1.29 is 4.74 Å². The van der Waals surface area contributed by atoms with E-state index < -0.39 is 0 Å². The molecule has 1 aliphatic rings. The molecule has 1 saturated heterocycles. The molecule has 76 valence electrons. The van der Waals surface area contributed by atoms with Crippen molar-refractivity contribution in [3.63, 3.8) is 0 Å². The van der Waals surface area contributed by atoms with Crippen LogP contribution in [-0.2, 0) is 4.74 Å². The summed E-state index contributed by atoms with van der Waals surface area (Å²) >= 11 is 0. The number of hydrogen-bond donors (Lipinski definition) is 1. The molecule has 2 heteroatoms. The van der Waals surface area contributed by atoms with Crippen molar-refractivity contribution in [3.8, 4) is 0 Å². The van der Waals surface area contributed by atoms with Crippen LogP contribution in [0.1, 0.15) is 26.7 Å². The molecule has 0 aromatic heterocycles. The van der Waals surface area contributed by atoms with Gasteiger partial charge in [0.2, 0.25) is 0 Å². The summed E-state index contributed by atoms with van der Waals surface area (Å²) in [6, 6.07) is 0.503. The molecule has 1 aliphatic heterocycles. The van der Waals surface area contributed by atoms with E-state index in [9.17, 15) is 0 Å². The Hall–Kier alpha value is -0.340. The normalized spacial score (nSPS) is 23.2. The average Bonchev–Trinajstić information content (AvgIpc) is 2.18. The number of ether oxygens (including phenoxy) is 1. The smallest absolute Gasteiger partial charge is 0.0471 e. The lowest BCUT2D eigenvalue weighted by Crippen LogP contribution is -2.23. The van der Waals surface area contributed by atoms with Crippen LogP contribution in [0, 0.1) is 5.92 Å². The summed E-state index contributed by atoms with van der Waals surface area (Å²) in [6.45, 7) is 6.27. The maximum Gasteiger partial charge on any atom is 0.0471 e. The molecule has 0 radical (unpaired) electrons. The van der Waals surface area contributed by atoms with E-state index in [1.165, 1.54) is 18.4 Å². The average molecular weight is 183 g/mol. The monoisotopic (exact) mass is 183 g/mol. The SMILES string of the molecule is CNC(C)/C(C)=C/C1CCOCC1. The molecule has 0 aliphatic carbocycles. The van der Waals surface area contributed by atoms with Gasteiger partial charge in [-0.3, -0.25) is 0 Å². The van der Waals surface area contributed by atoms with Crippen LogP contribution in [0.4, 0.5) is 0 Å². The van der Waals surface area contributed by atoms with Crippen molar-refractivity contribution >= 4 is 0 Å². The lowest BCUT2D eigenvalue weighted by atomic mass is 9.96. The highest BCUT2D eigenvalue weighted by Gasteiger charge is 2.12. The molecule has 13 heavy (non-hydrogen) atoms. The highest BCUT2D eigenvalue weighted by molar-refractivity contribution is 5.08. The Morgan fingerprint density at radius 2 is 2.08 bits per heavy atom. The molecule has 2 nitrogen and oxygen atoms in total. The van der Waals surface area contributed by atoms with E-state index >= 15 is 0 Å². The first-order chi connectivity index (χ1) is 6.24. The summed E-state index contributed by atoms with van der Waals surface area (Å²) in [4.78, 5) is 0. The zero-order valence-corrected chi connectivity index (χ0v) is 8.97. The second kappa shape index (κ2) is 5.40. The highest BCUT2D eigenvalue weighted by Crippen LogP contribution is 2.18. The van der Waals surface area contributed by atoms with Gasteiger partial charge in [-0.2, -0.15) is 0 Å². The van der Waals surface area contributed by atoms with Crippen molar-refractivity contribution in [2.75, 3.05) is 20.3 Å². The number of nitrogens with one attached hydrogen (secondary N) is 1. The van der Waals surface area contributed by atoms with Gasteiger partial charge in [0.1, 0.15) is 0 Å². The molecule has 1 fully saturated rings. The molecule has 0 amide bonds. The van der Waals surface area contributed by atoms with Crippen LogP contribution in [0.25, 0.3) is 0 Å². The second-order valence-electron chi connectivity index (χ2n) is 3.87. The molecule has 0 aromatic carbocycles. The Labute approximate surface area is 81.4 Å². The van der Waals surface area contributed by atoms with Gasteiger partial charge in [0, 0.05) is 19.3 Å². The van der Waals surface area contributed by atoms with Crippen molar-refractivity contribution in [3.05, 3.63) is 11.6 Å². The molecule has 1 rings (SSSR count). The number of rotatable bonds is 3. The van der Waals surface area contributed by atoms with Gasteiger partial charge in [-0.15, -0.1) is 0 Å². The first-order valence-corrected chi connectivity index (χ1v) is 5.17. The molecule has 0 bridgehead atoms. The van der Waals surface area contributed by atoms with E-state index in [1.54, 1.807) is 0 Å². The molecular weight excluding hydrogens is 162 g/mol. The maximum absolute atomic E-state index is 5.32. The summed E-state index contributed by atoms with van der Waals surface area (Å²) in [5.74, 6) is 0.740. The van der Waals surface area contributed by atoms with E-state index in [0.29, 0.717) is 6.04 Å². The fourth-order valence-electron chi connectivity index (χ4n) is 1.63. The van der Waals surface area contributed by atoms with Crippen LogP contribution in [-0.4, -0.2) is 26.3 Å². The van der Waals surface area contributed by atoms with Crippen LogP contribution < -0.4 is 5.32 Å². The number of likely N-dealkylation sites (N-methyl/N-ethyl adjacent to an activating group) is 1. The fraction of sp³-hybridized carbons (Fsp3) is 0.818. The molecule has 1 N–H and O–H groups in total. The molecule has 0 saturated carbocycles. The Morgan fingerprint density at radius 3 is 2.62 bits per heavy atom. The molecule has 0 aromatic rings. The summed E-state index contributed by atoms with van der Waals surface area (Å²) < 4.78 is 5.32. The molecule has 1 heterocycles. The topological polar surface area (TPSA) is 21.3 Å². The first kappa shape index (κ1) is 10.7. The van der Waals surface area contributed by atoms with Crippen LogP contribution in [0.2, 0.25) is 0 Å². The van der Waals surface area contributed by atoms with E-state index in [2.05, 4.69) is 25.2 Å². The number of hydrogen-bond acceptors (Lipinski definition) is 2. The third kappa shape index (κ3) is 3.49. The predicted octanol–water partition coefficient (Wildman–Crippen LogP) is 1.97. The van der Waals surface area contributed by atoms with E-state index in [1.807, 2.05) is 7.05 Å². The summed E-state index contributed by atoms with van der Waals surface area (Å²) in [5.41, 5.74) is 1.45. The first-order valence-electron chi connectivity index (χ1n) is 5.17. The Bertz CT molecular complexity index is 171. The molecule has 0 spiro atoms. The third-order valence-electron chi connectivity index (χ3n) is 2.88. The van der Waals surface area contributed by atoms with Crippen LogP contribution in [0.15, 0.2) is 11.6 Å². The lowest BCUT2D eigenvalue weighted by Gasteiger charge is -2.21. The third-order valence-corrected chi connectivity index (χ3v) is 2.88. The molecule has 1 atom stereocenters. The van der Waals surface area contributed by atoms with Gasteiger partial charge >= 0.3 is 0 Å². The summed E-state index contributed by atoms with van der Waals surface area (Å²) in [7, 11) is 2.01. The molecular formula is C11H21NO. The fourth-order valence-corrected chi connectivity index (χ4v) is 1.63. The highest BCUT2D eigenvalue weighted by atomic mass is 16.5. The molecule has 1 unspecified atom stereocenters. The Kier molecular flexibility index (Phi) is 4.46. The number of allylic oxidation sites excluding steroid dienone is 1. The van der Waals surface area contributed by atoms with Gasteiger partial charge in [0.05, 0.1) is 0 Å². The zero-order chi connectivity index (χ0) is 9.68. The Morgan fingerprint density at radius 1 is 1.46 bits per heavy atom.